The Kier molecular flexibility index (Phi) is 7.21. The van der Waals surface area contributed by atoms with Crippen LogP contribution >= 0.6 is 11.8 Å². The van der Waals surface area contributed by atoms with E-state index < -0.39 is 0 Å². The van der Waals surface area contributed by atoms with E-state index in [9.17, 15) is 4.79 Å². The molecule has 26 heavy (non-hydrogen) atoms. The van der Waals surface area contributed by atoms with E-state index in [1.807, 2.05) is 36.0 Å². The zero-order chi connectivity index (χ0) is 18.2. The molecule has 140 valence electrons. The Hall–Kier alpha value is -1.72. The van der Waals surface area contributed by atoms with Crippen LogP contribution in [0.15, 0.2) is 51.8 Å². The van der Waals surface area contributed by atoms with Crippen molar-refractivity contribution in [2.45, 2.75) is 43.5 Å². The Bertz CT molecular complexity index is 680. The van der Waals surface area contributed by atoms with Gasteiger partial charge in [0, 0.05) is 11.4 Å². The first-order valence-corrected chi connectivity index (χ1v) is 10.5. The maximum Gasteiger partial charge on any atom is 0.286 e. The topological polar surface area (TPSA) is 45.5 Å². The van der Waals surface area contributed by atoms with E-state index in [4.69, 9.17) is 4.42 Å². The fourth-order valence-electron chi connectivity index (χ4n) is 3.25. The van der Waals surface area contributed by atoms with E-state index in [0.29, 0.717) is 12.3 Å². The Balaban J connectivity index is 1.40. The second-order valence-electron chi connectivity index (χ2n) is 6.75. The molecular weight excluding hydrogens is 344 g/mol. The van der Waals surface area contributed by atoms with Gasteiger partial charge >= 0.3 is 0 Å². The second kappa shape index (κ2) is 9.83. The molecule has 0 bridgehead atoms. The monoisotopic (exact) mass is 372 g/mol. The van der Waals surface area contributed by atoms with Crippen molar-refractivity contribution in [3.05, 3.63) is 54.0 Å². The van der Waals surface area contributed by atoms with Crippen LogP contribution in [0.4, 0.5) is 0 Å². The van der Waals surface area contributed by atoms with E-state index in [1.165, 1.54) is 24.2 Å². The van der Waals surface area contributed by atoms with E-state index >= 15 is 0 Å². The van der Waals surface area contributed by atoms with Crippen molar-refractivity contribution in [3.8, 4) is 0 Å². The molecule has 0 radical (unpaired) electrons. The van der Waals surface area contributed by atoms with Gasteiger partial charge in [-0.05, 0) is 69.3 Å². The molecule has 1 aliphatic heterocycles. The first-order valence-electron chi connectivity index (χ1n) is 9.54. The highest BCUT2D eigenvalue weighted by atomic mass is 32.2. The van der Waals surface area contributed by atoms with Crippen molar-refractivity contribution >= 4 is 17.7 Å². The van der Waals surface area contributed by atoms with E-state index in [-0.39, 0.29) is 11.9 Å². The Morgan fingerprint density at radius 3 is 2.69 bits per heavy atom. The van der Waals surface area contributed by atoms with Crippen molar-refractivity contribution in [2.24, 2.45) is 0 Å². The summed E-state index contributed by atoms with van der Waals surface area (Å²) in [6.07, 6.45) is 4.75. The zero-order valence-corrected chi connectivity index (χ0v) is 16.3. The van der Waals surface area contributed by atoms with Gasteiger partial charge in [-0.2, -0.15) is 0 Å². The number of amides is 1. The molecule has 0 saturated carbocycles. The maximum atomic E-state index is 12.3. The van der Waals surface area contributed by atoms with Crippen LogP contribution in [0.3, 0.4) is 0 Å². The number of likely N-dealkylation sites (tertiary alicyclic amines) is 1. The number of nitrogens with zero attached hydrogens (tertiary/aromatic N) is 1. The lowest BCUT2D eigenvalue weighted by atomic mass is 10.1. The number of hydrogen-bond donors (Lipinski definition) is 1. The lowest BCUT2D eigenvalue weighted by molar-refractivity contribution is 0.0917. The summed E-state index contributed by atoms with van der Waals surface area (Å²) < 4.78 is 5.83. The lowest BCUT2D eigenvalue weighted by Gasteiger charge is -2.31. The highest BCUT2D eigenvalue weighted by molar-refractivity contribution is 7.99. The van der Waals surface area contributed by atoms with Crippen LogP contribution < -0.4 is 5.32 Å². The van der Waals surface area contributed by atoms with Crippen molar-refractivity contribution in [1.29, 1.82) is 0 Å². The quantitative estimate of drug-likeness (QED) is 0.537. The third-order valence-corrected chi connectivity index (χ3v) is 5.92. The van der Waals surface area contributed by atoms with Gasteiger partial charge < -0.3 is 9.73 Å². The van der Waals surface area contributed by atoms with Gasteiger partial charge in [-0.15, -0.1) is 11.8 Å². The molecule has 1 fully saturated rings. The van der Waals surface area contributed by atoms with Crippen LogP contribution in [-0.2, 0) is 0 Å². The highest BCUT2D eigenvalue weighted by Gasteiger charge is 2.22. The molecule has 2 heterocycles. The fourth-order valence-corrected chi connectivity index (χ4v) is 4.13. The summed E-state index contributed by atoms with van der Waals surface area (Å²) in [5.74, 6) is 2.17. The van der Waals surface area contributed by atoms with Crippen LogP contribution in [0, 0.1) is 0 Å². The second-order valence-corrected chi connectivity index (χ2v) is 7.91. The van der Waals surface area contributed by atoms with Crippen LogP contribution in [0.25, 0.3) is 0 Å². The predicted octanol–water partition coefficient (Wildman–Crippen LogP) is 4.74. The van der Waals surface area contributed by atoms with Crippen LogP contribution in [0.5, 0.6) is 0 Å². The Morgan fingerprint density at radius 2 is 1.92 bits per heavy atom. The average Bonchev–Trinajstić information content (AvgIpc) is 3.19. The molecule has 1 aliphatic rings. The summed E-state index contributed by atoms with van der Waals surface area (Å²) in [4.78, 5) is 16.0. The van der Waals surface area contributed by atoms with Crippen molar-refractivity contribution in [3.63, 3.8) is 0 Å². The average molecular weight is 373 g/mol. The van der Waals surface area contributed by atoms with E-state index in [1.54, 1.807) is 6.07 Å². The van der Waals surface area contributed by atoms with Crippen molar-refractivity contribution < 1.29 is 9.21 Å². The SMILES string of the molecule is C[C@@H](c1ccc(C(=O)NCCCSc2ccccc2)o1)N1CCCCC1. The summed E-state index contributed by atoms with van der Waals surface area (Å²) in [5.41, 5.74) is 0. The molecule has 0 spiro atoms. The molecule has 4 nitrogen and oxygen atoms in total. The molecule has 3 rings (SSSR count). The van der Waals surface area contributed by atoms with Gasteiger partial charge in [-0.1, -0.05) is 24.6 Å². The van der Waals surface area contributed by atoms with Gasteiger partial charge in [-0.25, -0.2) is 0 Å². The molecule has 1 amide bonds. The number of benzene rings is 1. The van der Waals surface area contributed by atoms with Gasteiger partial charge in [0.05, 0.1) is 6.04 Å². The van der Waals surface area contributed by atoms with Crippen LogP contribution in [0.2, 0.25) is 0 Å². The minimum atomic E-state index is -0.119. The number of carbonyl (C=O) groups excluding carboxylic acids is 1. The molecule has 0 aliphatic carbocycles. The number of rotatable bonds is 8. The molecule has 5 heteroatoms. The molecule has 2 aromatic rings. The first kappa shape index (κ1) is 19.1. The maximum absolute atomic E-state index is 12.3. The Morgan fingerprint density at radius 1 is 1.15 bits per heavy atom. The molecule has 0 unspecified atom stereocenters. The molecule has 1 atom stereocenters. The molecule has 1 N–H and O–H groups in total. The third kappa shape index (κ3) is 5.39. The van der Waals surface area contributed by atoms with E-state index in [0.717, 1.165) is 31.0 Å². The summed E-state index contributed by atoms with van der Waals surface area (Å²) in [6.45, 7) is 5.05. The number of carbonyl (C=O) groups is 1. The summed E-state index contributed by atoms with van der Waals surface area (Å²) in [7, 11) is 0. The Labute approximate surface area is 160 Å². The normalized spacial score (nSPS) is 16.3. The largest absolute Gasteiger partial charge is 0.454 e. The van der Waals surface area contributed by atoms with Crippen LogP contribution in [-0.4, -0.2) is 36.2 Å². The summed E-state index contributed by atoms with van der Waals surface area (Å²) in [6, 6.07) is 14.3. The molecular formula is C21H28N2O2S. The molecule has 1 aromatic carbocycles. The third-order valence-electron chi connectivity index (χ3n) is 4.82. The predicted molar refractivity (Wildman–Crippen MR) is 107 cm³/mol. The zero-order valence-electron chi connectivity index (χ0n) is 15.4. The first-order chi connectivity index (χ1) is 12.7. The summed E-state index contributed by atoms with van der Waals surface area (Å²) >= 11 is 1.81. The standard InChI is InChI=1S/C21H28N2O2S/c1-17(23-14-6-3-7-15-23)19-11-12-20(25-19)21(24)22-13-8-16-26-18-9-4-2-5-10-18/h2,4-5,9-12,17H,3,6-8,13-16H2,1H3,(H,22,24)/t17-/m0/s1. The van der Waals surface area contributed by atoms with Gasteiger partial charge in [-0.3, -0.25) is 9.69 Å². The highest BCUT2D eigenvalue weighted by Crippen LogP contribution is 2.25. The smallest absolute Gasteiger partial charge is 0.286 e. The van der Waals surface area contributed by atoms with Gasteiger partial charge in [0.25, 0.3) is 5.91 Å². The van der Waals surface area contributed by atoms with Gasteiger partial charge in [0.1, 0.15) is 5.76 Å². The number of nitrogens with one attached hydrogen (secondary N) is 1. The molecule has 1 aromatic heterocycles. The minimum absolute atomic E-state index is 0.119. The van der Waals surface area contributed by atoms with E-state index in [2.05, 4.69) is 29.3 Å². The summed E-state index contributed by atoms with van der Waals surface area (Å²) in [5, 5.41) is 2.96. The lowest BCUT2D eigenvalue weighted by Crippen LogP contribution is -2.32. The van der Waals surface area contributed by atoms with Crippen molar-refractivity contribution in [2.75, 3.05) is 25.4 Å². The number of hydrogen-bond acceptors (Lipinski definition) is 4. The van der Waals surface area contributed by atoms with Gasteiger partial charge in [0.2, 0.25) is 0 Å². The minimum Gasteiger partial charge on any atom is -0.454 e. The molecule has 1 saturated heterocycles. The van der Waals surface area contributed by atoms with Crippen LogP contribution in [0.1, 0.15) is 55.0 Å². The number of furan rings is 1. The number of thioether (sulfide) groups is 1. The fraction of sp³-hybridized carbons (Fsp3) is 0.476. The van der Waals surface area contributed by atoms with Gasteiger partial charge in [0.15, 0.2) is 5.76 Å². The van der Waals surface area contributed by atoms with Crippen molar-refractivity contribution in [1.82, 2.24) is 10.2 Å². The number of piperidine rings is 1.